The Bertz CT molecular complexity index is 542. The van der Waals surface area contributed by atoms with E-state index >= 15 is 0 Å². The molecule has 2 fully saturated rings. The van der Waals surface area contributed by atoms with E-state index in [1.807, 2.05) is 25.7 Å². The van der Waals surface area contributed by atoms with Gasteiger partial charge in [0, 0.05) is 36.0 Å². The standard InChI is InChI=1S/C21H40N2O3/c1-11-15(24)12-22-18(5,6)13-21(14-19(22,7)8)16(25)23(17(2,3)4)20(9,10)26-21/h15,24H,11-14H2,1-10H3. The molecule has 1 spiro atoms. The van der Waals surface area contributed by atoms with Crippen LogP contribution in [0.25, 0.3) is 0 Å². The molecule has 0 bridgehead atoms. The first kappa shape index (κ1) is 21.6. The third kappa shape index (κ3) is 3.55. The molecule has 2 aliphatic heterocycles. The lowest BCUT2D eigenvalue weighted by molar-refractivity contribution is -0.191. The van der Waals surface area contributed by atoms with E-state index < -0.39 is 11.3 Å². The highest BCUT2D eigenvalue weighted by Crippen LogP contribution is 2.52. The summed E-state index contributed by atoms with van der Waals surface area (Å²) in [5.74, 6) is 0.104. The van der Waals surface area contributed by atoms with Crippen LogP contribution < -0.4 is 0 Å². The average Bonchev–Trinajstić information content (AvgIpc) is 2.57. The highest BCUT2D eigenvalue weighted by Gasteiger charge is 2.65. The number of ether oxygens (including phenoxy) is 1. The summed E-state index contributed by atoms with van der Waals surface area (Å²) in [6.45, 7) is 21.5. The highest BCUT2D eigenvalue weighted by atomic mass is 16.6. The summed E-state index contributed by atoms with van der Waals surface area (Å²) in [5.41, 5.74) is -2.24. The Kier molecular flexibility index (Phi) is 5.15. The number of piperidine rings is 1. The maximum atomic E-state index is 13.6. The van der Waals surface area contributed by atoms with Gasteiger partial charge in [0.05, 0.1) is 6.10 Å². The molecule has 0 aromatic heterocycles. The number of hydrogen-bond donors (Lipinski definition) is 1. The van der Waals surface area contributed by atoms with Gasteiger partial charge in [-0.3, -0.25) is 9.69 Å². The minimum absolute atomic E-state index is 0.104. The Labute approximate surface area is 160 Å². The number of likely N-dealkylation sites (tertiary alicyclic amines) is 1. The van der Waals surface area contributed by atoms with Gasteiger partial charge in [-0.1, -0.05) is 6.92 Å². The number of aliphatic hydroxyl groups excluding tert-OH is 1. The Morgan fingerprint density at radius 3 is 1.88 bits per heavy atom. The topological polar surface area (TPSA) is 53.0 Å². The van der Waals surface area contributed by atoms with E-state index in [-0.39, 0.29) is 28.6 Å². The van der Waals surface area contributed by atoms with Crippen molar-refractivity contribution in [2.24, 2.45) is 0 Å². The molecule has 0 aliphatic carbocycles. The van der Waals surface area contributed by atoms with Gasteiger partial charge in [-0.2, -0.15) is 0 Å². The van der Waals surface area contributed by atoms with Crippen molar-refractivity contribution in [1.82, 2.24) is 9.80 Å². The number of amides is 1. The smallest absolute Gasteiger partial charge is 0.257 e. The van der Waals surface area contributed by atoms with Gasteiger partial charge in [0.1, 0.15) is 5.72 Å². The van der Waals surface area contributed by atoms with E-state index in [1.54, 1.807) is 0 Å². The monoisotopic (exact) mass is 368 g/mol. The lowest BCUT2D eigenvalue weighted by Gasteiger charge is -2.58. The largest absolute Gasteiger partial charge is 0.392 e. The molecule has 0 aromatic rings. The third-order valence-corrected chi connectivity index (χ3v) is 6.01. The molecule has 0 saturated carbocycles. The van der Waals surface area contributed by atoms with Gasteiger partial charge >= 0.3 is 0 Å². The molecule has 1 amide bonds. The van der Waals surface area contributed by atoms with E-state index in [1.165, 1.54) is 0 Å². The van der Waals surface area contributed by atoms with Gasteiger partial charge < -0.3 is 14.7 Å². The van der Waals surface area contributed by atoms with Crippen LogP contribution >= 0.6 is 0 Å². The molecule has 26 heavy (non-hydrogen) atoms. The first-order chi connectivity index (χ1) is 11.5. The predicted octanol–water partition coefficient (Wildman–Crippen LogP) is 3.54. The van der Waals surface area contributed by atoms with Crippen LogP contribution in [0.3, 0.4) is 0 Å². The predicted molar refractivity (Wildman–Crippen MR) is 105 cm³/mol. The second-order valence-electron chi connectivity index (χ2n) is 11.0. The van der Waals surface area contributed by atoms with Crippen molar-refractivity contribution >= 4 is 5.91 Å². The van der Waals surface area contributed by atoms with E-state index in [2.05, 4.69) is 53.4 Å². The molecule has 1 atom stereocenters. The zero-order chi connectivity index (χ0) is 20.3. The minimum atomic E-state index is -0.808. The summed E-state index contributed by atoms with van der Waals surface area (Å²) in [6, 6.07) is 0. The van der Waals surface area contributed by atoms with Gasteiger partial charge in [0.15, 0.2) is 5.60 Å². The molecule has 2 rings (SSSR count). The number of aliphatic hydroxyl groups is 1. The van der Waals surface area contributed by atoms with E-state index in [0.29, 0.717) is 19.4 Å². The molecule has 0 aromatic carbocycles. The molecule has 0 radical (unpaired) electrons. The fraction of sp³-hybridized carbons (Fsp3) is 0.952. The number of β-amino-alcohol motifs (C(OH)–C–C–N with tert-alkyl or cyclic N) is 1. The fourth-order valence-corrected chi connectivity index (χ4v) is 5.66. The third-order valence-electron chi connectivity index (χ3n) is 6.01. The summed E-state index contributed by atoms with van der Waals surface area (Å²) in [6.07, 6.45) is 1.64. The average molecular weight is 369 g/mol. The first-order valence-electron chi connectivity index (χ1n) is 9.99. The van der Waals surface area contributed by atoms with Crippen molar-refractivity contribution in [2.75, 3.05) is 6.54 Å². The summed E-state index contributed by atoms with van der Waals surface area (Å²) < 4.78 is 6.57. The number of carbonyl (C=O) groups excluding carboxylic acids is 1. The van der Waals surface area contributed by atoms with Gasteiger partial charge in [-0.25, -0.2) is 0 Å². The van der Waals surface area contributed by atoms with E-state index in [4.69, 9.17) is 4.74 Å². The van der Waals surface area contributed by atoms with Gasteiger partial charge in [0.2, 0.25) is 0 Å². The summed E-state index contributed by atoms with van der Waals surface area (Å²) in [4.78, 5) is 17.9. The summed E-state index contributed by atoms with van der Waals surface area (Å²) in [5, 5.41) is 10.3. The Hall–Kier alpha value is -0.650. The van der Waals surface area contributed by atoms with E-state index in [0.717, 1.165) is 6.42 Å². The zero-order valence-corrected chi connectivity index (χ0v) is 18.6. The van der Waals surface area contributed by atoms with Crippen LogP contribution in [0.15, 0.2) is 0 Å². The van der Waals surface area contributed by atoms with Crippen molar-refractivity contribution < 1.29 is 14.6 Å². The minimum Gasteiger partial charge on any atom is -0.392 e. The van der Waals surface area contributed by atoms with Crippen molar-refractivity contribution in [3.8, 4) is 0 Å². The molecule has 1 N–H and O–H groups in total. The van der Waals surface area contributed by atoms with Gasteiger partial charge in [-0.15, -0.1) is 0 Å². The normalized spacial score (nSPS) is 28.6. The SMILES string of the molecule is CCC(O)CN1C(C)(C)CC2(CC1(C)C)OC(C)(C)N(C(C)(C)C)C2=O. The molecule has 5 heteroatoms. The summed E-state index contributed by atoms with van der Waals surface area (Å²) >= 11 is 0. The quantitative estimate of drug-likeness (QED) is 0.828. The number of carbonyl (C=O) groups is 1. The molecular formula is C21H40N2O3. The van der Waals surface area contributed by atoms with E-state index in [9.17, 15) is 9.90 Å². The molecule has 2 saturated heterocycles. The van der Waals surface area contributed by atoms with Crippen LogP contribution in [0, 0.1) is 0 Å². The lowest BCUT2D eigenvalue weighted by Crippen LogP contribution is -2.68. The second kappa shape index (κ2) is 6.18. The molecular weight excluding hydrogens is 328 g/mol. The van der Waals surface area contributed by atoms with Gasteiger partial charge in [-0.05, 0) is 68.7 Å². The lowest BCUT2D eigenvalue weighted by atomic mass is 9.70. The molecule has 152 valence electrons. The van der Waals surface area contributed by atoms with Gasteiger partial charge in [0.25, 0.3) is 5.91 Å². The Morgan fingerprint density at radius 1 is 1.08 bits per heavy atom. The number of rotatable bonds is 3. The van der Waals surface area contributed by atoms with Crippen molar-refractivity contribution in [3.05, 3.63) is 0 Å². The zero-order valence-electron chi connectivity index (χ0n) is 18.6. The fourth-order valence-electron chi connectivity index (χ4n) is 5.66. The highest BCUT2D eigenvalue weighted by molar-refractivity contribution is 5.89. The van der Waals surface area contributed by atoms with Crippen molar-refractivity contribution in [2.45, 2.75) is 123 Å². The van der Waals surface area contributed by atoms with Crippen molar-refractivity contribution in [1.29, 1.82) is 0 Å². The van der Waals surface area contributed by atoms with Crippen LogP contribution in [-0.2, 0) is 9.53 Å². The molecule has 2 aliphatic rings. The maximum absolute atomic E-state index is 13.6. The summed E-state index contributed by atoms with van der Waals surface area (Å²) in [7, 11) is 0. The molecule has 5 nitrogen and oxygen atoms in total. The Balaban J connectivity index is 2.44. The van der Waals surface area contributed by atoms with Crippen LogP contribution in [0.2, 0.25) is 0 Å². The van der Waals surface area contributed by atoms with Crippen LogP contribution in [0.1, 0.15) is 88.5 Å². The molecule has 1 unspecified atom stereocenters. The Morgan fingerprint density at radius 2 is 1.54 bits per heavy atom. The van der Waals surface area contributed by atoms with Crippen LogP contribution in [-0.4, -0.2) is 61.4 Å². The van der Waals surface area contributed by atoms with Crippen LogP contribution in [0.4, 0.5) is 0 Å². The maximum Gasteiger partial charge on any atom is 0.257 e. The molecule has 2 heterocycles. The first-order valence-corrected chi connectivity index (χ1v) is 9.99. The van der Waals surface area contributed by atoms with Crippen LogP contribution in [0.5, 0.6) is 0 Å². The van der Waals surface area contributed by atoms with Crippen molar-refractivity contribution in [3.63, 3.8) is 0 Å². The number of nitrogens with zero attached hydrogens (tertiary/aromatic N) is 2. The second-order valence-corrected chi connectivity index (χ2v) is 11.0. The number of hydrogen-bond acceptors (Lipinski definition) is 4.